The molecule has 0 aliphatic heterocycles. The molecule has 0 fully saturated rings. The Hall–Kier alpha value is -2.03. The average molecular weight is 271 g/mol. The Balaban J connectivity index is 2.16. The minimum absolute atomic E-state index is 0.223. The van der Waals surface area contributed by atoms with Gasteiger partial charge in [-0.2, -0.15) is 0 Å². The van der Waals surface area contributed by atoms with Crippen LogP contribution in [0.15, 0.2) is 35.3 Å². The quantitative estimate of drug-likeness (QED) is 0.609. The van der Waals surface area contributed by atoms with Crippen molar-refractivity contribution in [2.45, 2.75) is 32.6 Å². The number of aliphatic imine (C=N–C) groups is 1. The van der Waals surface area contributed by atoms with Crippen molar-refractivity contribution < 1.29 is 10.2 Å². The lowest BCUT2D eigenvalue weighted by Crippen LogP contribution is -1.89. The molecule has 0 saturated heterocycles. The summed E-state index contributed by atoms with van der Waals surface area (Å²) >= 11 is 0. The highest BCUT2D eigenvalue weighted by molar-refractivity contribution is 6.02. The zero-order valence-electron chi connectivity index (χ0n) is 11.8. The normalized spacial score (nSPS) is 11.4. The third-order valence-electron chi connectivity index (χ3n) is 3.38. The molecule has 0 aromatic heterocycles. The molecule has 2 rings (SSSR count). The molecule has 20 heavy (non-hydrogen) atoms. The molecule has 0 aliphatic carbocycles. The second-order valence-corrected chi connectivity index (χ2v) is 5.00. The first kappa shape index (κ1) is 14.4. The maximum Gasteiger partial charge on any atom is 0.124 e. The highest BCUT2D eigenvalue weighted by Gasteiger charge is 2.05. The largest absolute Gasteiger partial charge is 0.508 e. The third kappa shape index (κ3) is 3.50. The van der Waals surface area contributed by atoms with Gasteiger partial charge in [0.15, 0.2) is 0 Å². The third-order valence-corrected chi connectivity index (χ3v) is 3.38. The van der Waals surface area contributed by atoms with Gasteiger partial charge in [0.25, 0.3) is 0 Å². The van der Waals surface area contributed by atoms with Crippen molar-refractivity contribution in [3.05, 3.63) is 35.9 Å². The highest BCUT2D eigenvalue weighted by Crippen LogP contribution is 2.28. The molecule has 2 aromatic carbocycles. The second-order valence-electron chi connectivity index (χ2n) is 5.00. The molecule has 0 bridgehead atoms. The van der Waals surface area contributed by atoms with Crippen LogP contribution in [0.3, 0.4) is 0 Å². The Labute approximate surface area is 119 Å². The van der Waals surface area contributed by atoms with Gasteiger partial charge in [0.1, 0.15) is 11.5 Å². The van der Waals surface area contributed by atoms with Gasteiger partial charge < -0.3 is 10.2 Å². The standard InChI is InChI=1S/C17H21NO2/c1-2-3-4-5-10-18-12-16-15-8-7-14(19)11-13(15)6-9-17(16)20/h6-9,11-12,19-20H,2-5,10H2,1H3. The number of hydrogen-bond acceptors (Lipinski definition) is 3. The number of fused-ring (bicyclic) bond motifs is 1. The SMILES string of the molecule is CCCCCCN=Cc1c(O)ccc2cc(O)ccc12. The number of phenols is 2. The lowest BCUT2D eigenvalue weighted by molar-refractivity contribution is 0.473. The minimum atomic E-state index is 0.223. The van der Waals surface area contributed by atoms with Gasteiger partial charge in [0.05, 0.1) is 0 Å². The number of hydrogen-bond donors (Lipinski definition) is 2. The van der Waals surface area contributed by atoms with Gasteiger partial charge in [-0.25, -0.2) is 0 Å². The monoisotopic (exact) mass is 271 g/mol. The zero-order chi connectivity index (χ0) is 14.4. The number of unbranched alkanes of at least 4 members (excludes halogenated alkanes) is 3. The number of rotatable bonds is 6. The zero-order valence-corrected chi connectivity index (χ0v) is 11.8. The van der Waals surface area contributed by atoms with Crippen molar-refractivity contribution in [1.82, 2.24) is 0 Å². The van der Waals surface area contributed by atoms with Gasteiger partial charge in [-0.1, -0.05) is 32.3 Å². The van der Waals surface area contributed by atoms with Crippen LogP contribution in [0.4, 0.5) is 0 Å². The Morgan fingerprint density at radius 1 is 1.05 bits per heavy atom. The van der Waals surface area contributed by atoms with Gasteiger partial charge in [0.2, 0.25) is 0 Å². The van der Waals surface area contributed by atoms with E-state index in [4.69, 9.17) is 0 Å². The first-order chi connectivity index (χ1) is 9.72. The fourth-order valence-corrected chi connectivity index (χ4v) is 2.25. The fourth-order valence-electron chi connectivity index (χ4n) is 2.25. The van der Waals surface area contributed by atoms with Crippen LogP contribution in [-0.4, -0.2) is 23.0 Å². The molecular formula is C17H21NO2. The molecule has 0 spiro atoms. The molecule has 2 N–H and O–H groups in total. The summed E-state index contributed by atoms with van der Waals surface area (Å²) < 4.78 is 0. The summed E-state index contributed by atoms with van der Waals surface area (Å²) in [5.74, 6) is 0.450. The predicted molar refractivity (Wildman–Crippen MR) is 83.9 cm³/mol. The van der Waals surface area contributed by atoms with Crippen molar-refractivity contribution in [1.29, 1.82) is 0 Å². The van der Waals surface area contributed by atoms with Crippen molar-refractivity contribution in [3.63, 3.8) is 0 Å². The number of aromatic hydroxyl groups is 2. The van der Waals surface area contributed by atoms with Crippen LogP contribution >= 0.6 is 0 Å². The summed E-state index contributed by atoms with van der Waals surface area (Å²) in [4.78, 5) is 4.40. The van der Waals surface area contributed by atoms with Crippen LogP contribution in [0.1, 0.15) is 38.2 Å². The Morgan fingerprint density at radius 3 is 2.70 bits per heavy atom. The predicted octanol–water partition coefficient (Wildman–Crippen LogP) is 4.25. The fraction of sp³-hybridized carbons (Fsp3) is 0.353. The Bertz CT molecular complexity index is 605. The van der Waals surface area contributed by atoms with Crippen LogP contribution < -0.4 is 0 Å². The maximum absolute atomic E-state index is 9.96. The smallest absolute Gasteiger partial charge is 0.124 e. The van der Waals surface area contributed by atoms with Crippen molar-refractivity contribution >= 4 is 17.0 Å². The summed E-state index contributed by atoms with van der Waals surface area (Å²) in [5.41, 5.74) is 0.720. The van der Waals surface area contributed by atoms with Crippen molar-refractivity contribution in [3.8, 4) is 11.5 Å². The average Bonchev–Trinajstić information content (AvgIpc) is 2.44. The van der Waals surface area contributed by atoms with E-state index in [0.29, 0.717) is 0 Å². The molecule has 0 aliphatic rings. The van der Waals surface area contributed by atoms with E-state index in [1.807, 2.05) is 6.07 Å². The van der Waals surface area contributed by atoms with E-state index in [-0.39, 0.29) is 11.5 Å². The van der Waals surface area contributed by atoms with Gasteiger partial charge in [-0.3, -0.25) is 4.99 Å². The summed E-state index contributed by atoms with van der Waals surface area (Å²) in [6.45, 7) is 2.97. The lowest BCUT2D eigenvalue weighted by atomic mass is 10.0. The molecular weight excluding hydrogens is 250 g/mol. The molecule has 3 nitrogen and oxygen atoms in total. The van der Waals surface area contributed by atoms with Gasteiger partial charge >= 0.3 is 0 Å². The summed E-state index contributed by atoms with van der Waals surface area (Å²) in [6, 6.07) is 8.56. The number of nitrogens with zero attached hydrogens (tertiary/aromatic N) is 1. The summed E-state index contributed by atoms with van der Waals surface area (Å²) in [7, 11) is 0. The maximum atomic E-state index is 9.96. The Kier molecular flexibility index (Phi) is 4.99. The van der Waals surface area contributed by atoms with E-state index in [0.717, 1.165) is 29.3 Å². The van der Waals surface area contributed by atoms with Crippen LogP contribution in [0.25, 0.3) is 10.8 Å². The van der Waals surface area contributed by atoms with Gasteiger partial charge in [0, 0.05) is 18.3 Å². The van der Waals surface area contributed by atoms with Crippen LogP contribution in [-0.2, 0) is 0 Å². The van der Waals surface area contributed by atoms with E-state index >= 15 is 0 Å². The number of phenolic OH excluding ortho intramolecular Hbond substituents is 2. The molecule has 0 radical (unpaired) electrons. The van der Waals surface area contributed by atoms with E-state index < -0.39 is 0 Å². The molecule has 0 amide bonds. The van der Waals surface area contributed by atoms with Crippen molar-refractivity contribution in [2.75, 3.05) is 6.54 Å². The molecule has 2 aromatic rings. The van der Waals surface area contributed by atoms with E-state index in [9.17, 15) is 10.2 Å². The highest BCUT2D eigenvalue weighted by atomic mass is 16.3. The van der Waals surface area contributed by atoms with Crippen LogP contribution in [0.2, 0.25) is 0 Å². The van der Waals surface area contributed by atoms with E-state index in [1.54, 1.807) is 30.5 Å². The molecule has 0 saturated carbocycles. The van der Waals surface area contributed by atoms with E-state index in [1.165, 1.54) is 19.3 Å². The van der Waals surface area contributed by atoms with Crippen LogP contribution in [0.5, 0.6) is 11.5 Å². The molecule has 3 heteroatoms. The molecule has 0 heterocycles. The molecule has 106 valence electrons. The first-order valence-electron chi connectivity index (χ1n) is 7.17. The van der Waals surface area contributed by atoms with Crippen LogP contribution in [0, 0.1) is 0 Å². The molecule has 0 atom stereocenters. The van der Waals surface area contributed by atoms with Crippen molar-refractivity contribution in [2.24, 2.45) is 4.99 Å². The topological polar surface area (TPSA) is 52.8 Å². The summed E-state index contributed by atoms with van der Waals surface area (Å²) in [5, 5.41) is 21.3. The Morgan fingerprint density at radius 2 is 1.90 bits per heavy atom. The first-order valence-corrected chi connectivity index (χ1v) is 7.17. The lowest BCUT2D eigenvalue weighted by Gasteiger charge is -2.05. The minimum Gasteiger partial charge on any atom is -0.508 e. The van der Waals surface area contributed by atoms with Gasteiger partial charge in [-0.15, -0.1) is 0 Å². The summed E-state index contributed by atoms with van der Waals surface area (Å²) in [6.07, 6.45) is 6.48. The van der Waals surface area contributed by atoms with Gasteiger partial charge in [-0.05, 0) is 41.5 Å². The number of benzene rings is 2. The van der Waals surface area contributed by atoms with E-state index in [2.05, 4.69) is 11.9 Å². The second kappa shape index (κ2) is 6.94. The molecule has 0 unspecified atom stereocenters.